The lowest BCUT2D eigenvalue weighted by Gasteiger charge is -2.10. The third-order valence-electron chi connectivity index (χ3n) is 2.82. The number of H-pyrrole nitrogens is 1. The lowest BCUT2D eigenvalue weighted by molar-refractivity contribution is -0.121. The van der Waals surface area contributed by atoms with E-state index < -0.39 is 11.2 Å². The summed E-state index contributed by atoms with van der Waals surface area (Å²) in [6.07, 6.45) is 2.25. The molecule has 0 bridgehead atoms. The van der Waals surface area contributed by atoms with Gasteiger partial charge in [-0.3, -0.25) is 19.1 Å². The van der Waals surface area contributed by atoms with Crippen LogP contribution in [0.15, 0.2) is 21.9 Å². The van der Waals surface area contributed by atoms with Gasteiger partial charge >= 0.3 is 5.69 Å². The average molecular weight is 253 g/mol. The molecule has 0 spiro atoms. The standard InChI is InChI=1S/C11H15N3O4/c15-9-1-3-14(11(17)13-9)6-10(16)12-5-8-2-4-18-7-8/h1,3,8H,2,4-7H2,(H,12,16)(H,13,15,17)/t8-/m0/s1. The van der Waals surface area contributed by atoms with Crippen LogP contribution in [0.2, 0.25) is 0 Å². The number of amides is 1. The van der Waals surface area contributed by atoms with Gasteiger partial charge < -0.3 is 10.1 Å². The maximum atomic E-state index is 11.6. The van der Waals surface area contributed by atoms with Gasteiger partial charge in [0.25, 0.3) is 5.56 Å². The van der Waals surface area contributed by atoms with Crippen LogP contribution in [0.1, 0.15) is 6.42 Å². The second-order valence-electron chi connectivity index (χ2n) is 4.27. The average Bonchev–Trinajstić information content (AvgIpc) is 2.83. The van der Waals surface area contributed by atoms with Gasteiger partial charge in [-0.1, -0.05) is 0 Å². The van der Waals surface area contributed by atoms with Gasteiger partial charge in [0.05, 0.1) is 6.61 Å². The highest BCUT2D eigenvalue weighted by Gasteiger charge is 2.16. The van der Waals surface area contributed by atoms with Crippen LogP contribution in [0.25, 0.3) is 0 Å². The molecule has 0 aliphatic carbocycles. The Hall–Kier alpha value is -1.89. The molecule has 1 amide bonds. The zero-order valence-electron chi connectivity index (χ0n) is 9.85. The fraction of sp³-hybridized carbons (Fsp3) is 0.545. The molecule has 1 fully saturated rings. The molecular weight excluding hydrogens is 238 g/mol. The Kier molecular flexibility index (Phi) is 3.93. The summed E-state index contributed by atoms with van der Waals surface area (Å²) in [5, 5.41) is 2.74. The van der Waals surface area contributed by atoms with E-state index in [2.05, 4.69) is 10.3 Å². The van der Waals surface area contributed by atoms with E-state index in [1.54, 1.807) is 0 Å². The molecule has 1 saturated heterocycles. The molecule has 0 saturated carbocycles. The lowest BCUT2D eigenvalue weighted by Crippen LogP contribution is -2.37. The molecule has 1 atom stereocenters. The third-order valence-corrected chi connectivity index (χ3v) is 2.82. The number of aromatic nitrogens is 2. The third kappa shape index (κ3) is 3.30. The quantitative estimate of drug-likeness (QED) is 0.696. The van der Waals surface area contributed by atoms with Gasteiger partial charge in [-0.15, -0.1) is 0 Å². The van der Waals surface area contributed by atoms with Crippen LogP contribution in [0.3, 0.4) is 0 Å². The van der Waals surface area contributed by atoms with Crippen LogP contribution in [-0.2, 0) is 16.1 Å². The Labute approximate surface area is 103 Å². The summed E-state index contributed by atoms with van der Waals surface area (Å²) >= 11 is 0. The zero-order chi connectivity index (χ0) is 13.0. The molecule has 1 aliphatic rings. The monoisotopic (exact) mass is 253 g/mol. The van der Waals surface area contributed by atoms with Gasteiger partial charge in [0.2, 0.25) is 5.91 Å². The molecule has 2 heterocycles. The predicted molar refractivity (Wildman–Crippen MR) is 63.3 cm³/mol. The van der Waals surface area contributed by atoms with Crippen LogP contribution in [0.5, 0.6) is 0 Å². The first-order valence-electron chi connectivity index (χ1n) is 5.79. The minimum absolute atomic E-state index is 0.0941. The highest BCUT2D eigenvalue weighted by molar-refractivity contribution is 5.75. The summed E-state index contributed by atoms with van der Waals surface area (Å²) in [4.78, 5) is 35.9. The van der Waals surface area contributed by atoms with Crippen LogP contribution in [0, 0.1) is 5.92 Å². The molecule has 1 aromatic heterocycles. The van der Waals surface area contributed by atoms with Gasteiger partial charge in [0.1, 0.15) is 6.54 Å². The van der Waals surface area contributed by atoms with E-state index in [1.807, 2.05) is 0 Å². The molecule has 2 rings (SSSR count). The number of carbonyl (C=O) groups is 1. The van der Waals surface area contributed by atoms with Crippen molar-refractivity contribution in [3.05, 3.63) is 33.1 Å². The van der Waals surface area contributed by atoms with Gasteiger partial charge in [0.15, 0.2) is 0 Å². The molecule has 1 aromatic rings. The van der Waals surface area contributed by atoms with Crippen molar-refractivity contribution in [2.24, 2.45) is 5.92 Å². The van der Waals surface area contributed by atoms with Crippen LogP contribution in [-0.4, -0.2) is 35.2 Å². The van der Waals surface area contributed by atoms with E-state index in [4.69, 9.17) is 4.74 Å². The van der Waals surface area contributed by atoms with Crippen molar-refractivity contribution in [1.82, 2.24) is 14.9 Å². The van der Waals surface area contributed by atoms with Gasteiger partial charge in [-0.05, 0) is 6.42 Å². The molecule has 0 radical (unpaired) electrons. The largest absolute Gasteiger partial charge is 0.381 e. The van der Waals surface area contributed by atoms with Crippen molar-refractivity contribution in [2.75, 3.05) is 19.8 Å². The SMILES string of the molecule is O=C(Cn1ccc(=O)[nH]c1=O)NC[C@@H]1CCOC1. The molecular formula is C11H15N3O4. The van der Waals surface area contributed by atoms with E-state index in [9.17, 15) is 14.4 Å². The Morgan fingerprint density at radius 1 is 1.56 bits per heavy atom. The maximum absolute atomic E-state index is 11.6. The minimum Gasteiger partial charge on any atom is -0.381 e. The Bertz CT molecular complexity index is 528. The lowest BCUT2D eigenvalue weighted by atomic mass is 10.1. The first kappa shape index (κ1) is 12.6. The number of hydrogen-bond donors (Lipinski definition) is 2. The van der Waals surface area contributed by atoms with E-state index in [0.717, 1.165) is 17.6 Å². The second kappa shape index (κ2) is 5.63. The number of ether oxygens (including phenoxy) is 1. The van der Waals surface area contributed by atoms with Crippen molar-refractivity contribution in [3.8, 4) is 0 Å². The molecule has 18 heavy (non-hydrogen) atoms. The van der Waals surface area contributed by atoms with Crippen LogP contribution < -0.4 is 16.6 Å². The van der Waals surface area contributed by atoms with Gasteiger partial charge in [0, 0.05) is 31.3 Å². The first-order chi connectivity index (χ1) is 8.65. The minimum atomic E-state index is -0.582. The summed E-state index contributed by atoms with van der Waals surface area (Å²) in [7, 11) is 0. The topological polar surface area (TPSA) is 93.2 Å². The number of nitrogens with one attached hydrogen (secondary N) is 2. The summed E-state index contributed by atoms with van der Waals surface area (Å²) in [5.41, 5.74) is -1.05. The normalized spacial score (nSPS) is 18.8. The van der Waals surface area contributed by atoms with Crippen molar-refractivity contribution in [3.63, 3.8) is 0 Å². The summed E-state index contributed by atoms with van der Waals surface area (Å²) in [6.45, 7) is 1.86. The first-order valence-corrected chi connectivity index (χ1v) is 5.79. The molecule has 7 heteroatoms. The van der Waals surface area contributed by atoms with Crippen molar-refractivity contribution >= 4 is 5.91 Å². The smallest absolute Gasteiger partial charge is 0.328 e. The van der Waals surface area contributed by atoms with Gasteiger partial charge in [-0.2, -0.15) is 0 Å². The van der Waals surface area contributed by atoms with Crippen LogP contribution in [0.4, 0.5) is 0 Å². The fourth-order valence-electron chi connectivity index (χ4n) is 1.78. The summed E-state index contributed by atoms with van der Waals surface area (Å²) in [5.74, 6) is 0.0947. The molecule has 0 unspecified atom stereocenters. The van der Waals surface area contributed by atoms with E-state index in [-0.39, 0.29) is 12.5 Å². The fourth-order valence-corrected chi connectivity index (χ4v) is 1.78. The summed E-state index contributed by atoms with van der Waals surface area (Å²) in [6, 6.07) is 1.21. The highest BCUT2D eigenvalue weighted by Crippen LogP contribution is 2.10. The Balaban J connectivity index is 1.86. The van der Waals surface area contributed by atoms with E-state index in [1.165, 1.54) is 12.3 Å². The predicted octanol–water partition coefficient (Wildman–Crippen LogP) is -1.31. The number of carbonyl (C=O) groups excluding carboxylic acids is 1. The number of nitrogens with zero attached hydrogens (tertiary/aromatic N) is 1. The second-order valence-corrected chi connectivity index (χ2v) is 4.27. The molecule has 2 N–H and O–H groups in total. The van der Waals surface area contributed by atoms with Crippen molar-refractivity contribution in [2.45, 2.75) is 13.0 Å². The van der Waals surface area contributed by atoms with Crippen molar-refractivity contribution in [1.29, 1.82) is 0 Å². The van der Waals surface area contributed by atoms with Crippen molar-refractivity contribution < 1.29 is 9.53 Å². The zero-order valence-corrected chi connectivity index (χ0v) is 9.85. The Morgan fingerprint density at radius 2 is 2.39 bits per heavy atom. The highest BCUT2D eigenvalue weighted by atomic mass is 16.5. The van der Waals surface area contributed by atoms with E-state index in [0.29, 0.717) is 19.1 Å². The molecule has 98 valence electrons. The number of rotatable bonds is 4. The molecule has 1 aliphatic heterocycles. The van der Waals surface area contributed by atoms with Crippen LogP contribution >= 0.6 is 0 Å². The Morgan fingerprint density at radius 3 is 3.06 bits per heavy atom. The maximum Gasteiger partial charge on any atom is 0.328 e. The molecule has 7 nitrogen and oxygen atoms in total. The molecule has 0 aromatic carbocycles. The van der Waals surface area contributed by atoms with Gasteiger partial charge in [-0.25, -0.2) is 4.79 Å². The van der Waals surface area contributed by atoms with E-state index >= 15 is 0 Å². The number of aromatic amines is 1. The summed E-state index contributed by atoms with van der Waals surface area (Å²) < 4.78 is 6.35. The number of hydrogen-bond acceptors (Lipinski definition) is 4.